The van der Waals surface area contributed by atoms with Crippen molar-refractivity contribution in [1.29, 1.82) is 0 Å². The molecule has 2 heterocycles. The number of nitrogens with one attached hydrogen (secondary N) is 1. The molecule has 3 aromatic rings. The molecule has 0 unspecified atom stereocenters. The van der Waals surface area contributed by atoms with Crippen LogP contribution in [0.1, 0.15) is 28.0 Å². The highest BCUT2D eigenvalue weighted by atomic mass is 35.5. The minimum absolute atomic E-state index is 0. The van der Waals surface area contributed by atoms with Crippen molar-refractivity contribution in [2.24, 2.45) is 0 Å². The normalized spacial score (nSPS) is 13.0. The van der Waals surface area contributed by atoms with Gasteiger partial charge in [0, 0.05) is 44.0 Å². The molecule has 4 nitrogen and oxygen atoms in total. The van der Waals surface area contributed by atoms with Gasteiger partial charge in [-0.05, 0) is 59.1 Å². The Morgan fingerprint density at radius 2 is 1.97 bits per heavy atom. The number of nitrogens with zero attached hydrogens (tertiary/aromatic N) is 2. The topological polar surface area (TPSA) is 45.2 Å². The number of hydrogen-bond acceptors (Lipinski definition) is 3. The predicted molar refractivity (Wildman–Crippen MR) is 129 cm³/mol. The minimum atomic E-state index is 0. The van der Waals surface area contributed by atoms with Crippen LogP contribution in [0.25, 0.3) is 16.3 Å². The van der Waals surface area contributed by atoms with Gasteiger partial charge in [0.1, 0.15) is 0 Å². The van der Waals surface area contributed by atoms with Crippen molar-refractivity contribution in [1.82, 2.24) is 15.2 Å². The molecule has 0 bridgehead atoms. The Kier molecular flexibility index (Phi) is 8.85. The van der Waals surface area contributed by atoms with E-state index in [1.165, 1.54) is 16.5 Å². The first-order valence-electron chi connectivity index (χ1n) is 9.80. The number of carbonyl (C=O) groups excluding carboxylic acids is 1. The van der Waals surface area contributed by atoms with Gasteiger partial charge in [0.25, 0.3) is 5.91 Å². The molecule has 0 fully saturated rings. The summed E-state index contributed by atoms with van der Waals surface area (Å²) in [5, 5.41) is 5.69. The molecule has 1 aliphatic heterocycles. The van der Waals surface area contributed by atoms with Crippen LogP contribution >= 0.6 is 24.8 Å². The van der Waals surface area contributed by atoms with E-state index in [0.29, 0.717) is 6.54 Å². The van der Waals surface area contributed by atoms with E-state index in [-0.39, 0.29) is 30.7 Å². The first-order chi connectivity index (χ1) is 13.7. The van der Waals surface area contributed by atoms with Gasteiger partial charge < -0.3 is 10.2 Å². The Labute approximate surface area is 190 Å². The number of halogens is 2. The maximum atomic E-state index is 12.9. The summed E-state index contributed by atoms with van der Waals surface area (Å²) in [7, 11) is 1.85. The van der Waals surface area contributed by atoms with Gasteiger partial charge in [0.05, 0.1) is 0 Å². The van der Waals surface area contributed by atoms with Crippen molar-refractivity contribution < 1.29 is 4.79 Å². The number of benzene rings is 2. The second kappa shape index (κ2) is 11.1. The lowest BCUT2D eigenvalue weighted by Gasteiger charge is -2.18. The van der Waals surface area contributed by atoms with E-state index in [2.05, 4.69) is 40.6 Å². The van der Waals surface area contributed by atoms with Crippen LogP contribution < -0.4 is 5.32 Å². The molecule has 6 heteroatoms. The third-order valence-corrected chi connectivity index (χ3v) is 5.31. The van der Waals surface area contributed by atoms with Gasteiger partial charge in [0.2, 0.25) is 0 Å². The molecule has 0 aliphatic carbocycles. The van der Waals surface area contributed by atoms with E-state index in [1.54, 1.807) is 11.1 Å². The molecule has 1 aromatic heterocycles. The number of likely N-dealkylation sites (N-methyl/N-ethyl adjacent to an activating group) is 1. The van der Waals surface area contributed by atoms with E-state index in [0.717, 1.165) is 42.6 Å². The maximum absolute atomic E-state index is 12.9. The number of amides is 1. The molecule has 1 aliphatic rings. The van der Waals surface area contributed by atoms with Crippen LogP contribution in [-0.2, 0) is 6.42 Å². The Morgan fingerprint density at radius 3 is 2.70 bits per heavy atom. The fraction of sp³-hybridized carbons (Fsp3) is 0.250. The molecule has 4 rings (SSSR count). The SMILES string of the molecule is CN(CCc1ccccn1)C(=O)c1ccc2c(C3=CCNCC3)cccc2c1.Cl.Cl. The molecule has 0 atom stereocenters. The minimum Gasteiger partial charge on any atom is -0.341 e. The van der Waals surface area contributed by atoms with Gasteiger partial charge >= 0.3 is 0 Å². The van der Waals surface area contributed by atoms with E-state index in [1.807, 2.05) is 37.4 Å². The van der Waals surface area contributed by atoms with E-state index in [4.69, 9.17) is 0 Å². The van der Waals surface area contributed by atoms with E-state index in [9.17, 15) is 4.79 Å². The molecule has 158 valence electrons. The average Bonchev–Trinajstić information content (AvgIpc) is 2.77. The first-order valence-corrected chi connectivity index (χ1v) is 9.80. The number of hydrogen-bond donors (Lipinski definition) is 1. The highest BCUT2D eigenvalue weighted by Gasteiger charge is 2.14. The lowest BCUT2D eigenvalue weighted by atomic mass is 9.93. The molecular formula is C24H27Cl2N3O. The highest BCUT2D eigenvalue weighted by molar-refractivity contribution is 6.01. The van der Waals surface area contributed by atoms with Crippen molar-refractivity contribution in [2.75, 3.05) is 26.7 Å². The summed E-state index contributed by atoms with van der Waals surface area (Å²) in [4.78, 5) is 19.0. The first kappa shape index (κ1) is 23.9. The smallest absolute Gasteiger partial charge is 0.253 e. The summed E-state index contributed by atoms with van der Waals surface area (Å²) < 4.78 is 0. The van der Waals surface area contributed by atoms with Gasteiger partial charge in [-0.25, -0.2) is 0 Å². The van der Waals surface area contributed by atoms with Gasteiger partial charge in [0.15, 0.2) is 0 Å². The van der Waals surface area contributed by atoms with E-state index >= 15 is 0 Å². The molecule has 0 saturated heterocycles. The third-order valence-electron chi connectivity index (χ3n) is 5.31. The monoisotopic (exact) mass is 443 g/mol. The molecule has 0 radical (unpaired) electrons. The fourth-order valence-corrected chi connectivity index (χ4v) is 3.71. The summed E-state index contributed by atoms with van der Waals surface area (Å²) in [5.41, 5.74) is 4.39. The zero-order valence-corrected chi connectivity index (χ0v) is 18.6. The van der Waals surface area contributed by atoms with Crippen LogP contribution in [0.5, 0.6) is 0 Å². The van der Waals surface area contributed by atoms with Crippen molar-refractivity contribution in [3.8, 4) is 0 Å². The van der Waals surface area contributed by atoms with Crippen molar-refractivity contribution in [2.45, 2.75) is 12.8 Å². The Balaban J connectivity index is 0.00000160. The summed E-state index contributed by atoms with van der Waals surface area (Å²) in [6.45, 7) is 2.58. The van der Waals surface area contributed by atoms with Gasteiger partial charge in [-0.3, -0.25) is 9.78 Å². The Hall–Kier alpha value is -2.40. The summed E-state index contributed by atoms with van der Waals surface area (Å²) in [6, 6.07) is 18.3. The predicted octanol–water partition coefficient (Wildman–Crippen LogP) is 4.77. The van der Waals surface area contributed by atoms with Crippen molar-refractivity contribution in [3.05, 3.63) is 83.7 Å². The average molecular weight is 444 g/mol. The van der Waals surface area contributed by atoms with Crippen molar-refractivity contribution >= 4 is 47.1 Å². The second-order valence-electron chi connectivity index (χ2n) is 7.22. The van der Waals surface area contributed by atoms with Crippen molar-refractivity contribution in [3.63, 3.8) is 0 Å². The molecule has 0 saturated carbocycles. The lowest BCUT2D eigenvalue weighted by Crippen LogP contribution is -2.29. The Bertz CT molecular complexity index is 1020. The molecular weight excluding hydrogens is 417 g/mol. The zero-order valence-electron chi connectivity index (χ0n) is 17.0. The number of fused-ring (bicyclic) bond motifs is 1. The summed E-state index contributed by atoms with van der Waals surface area (Å²) in [6.07, 6.45) is 5.84. The van der Waals surface area contributed by atoms with Gasteiger partial charge in [-0.2, -0.15) is 0 Å². The van der Waals surface area contributed by atoms with Gasteiger partial charge in [-0.15, -0.1) is 24.8 Å². The molecule has 0 spiro atoms. The van der Waals surface area contributed by atoms with Crippen LogP contribution in [0, 0.1) is 0 Å². The van der Waals surface area contributed by atoms with Crippen LogP contribution in [0.4, 0.5) is 0 Å². The van der Waals surface area contributed by atoms with Crippen LogP contribution in [0.2, 0.25) is 0 Å². The standard InChI is InChI=1S/C24H25N3O.2ClH/c1-27(16-12-21-6-2-3-13-26-21)24(28)20-8-9-23-19(17-20)5-4-7-22(23)18-10-14-25-15-11-18;;/h2-10,13,17,25H,11-12,14-16H2,1H3;2*1H. The van der Waals surface area contributed by atoms with Crippen LogP contribution in [-0.4, -0.2) is 42.5 Å². The number of aromatic nitrogens is 1. The molecule has 1 N–H and O–H groups in total. The lowest BCUT2D eigenvalue weighted by molar-refractivity contribution is 0.0796. The van der Waals surface area contributed by atoms with E-state index < -0.39 is 0 Å². The third kappa shape index (κ3) is 5.39. The van der Waals surface area contributed by atoms with Crippen LogP contribution in [0.15, 0.2) is 66.9 Å². The Morgan fingerprint density at radius 1 is 1.10 bits per heavy atom. The number of carbonyl (C=O) groups is 1. The molecule has 30 heavy (non-hydrogen) atoms. The number of pyridine rings is 1. The molecule has 1 amide bonds. The fourth-order valence-electron chi connectivity index (χ4n) is 3.71. The summed E-state index contributed by atoms with van der Waals surface area (Å²) in [5.74, 6) is 0.0457. The van der Waals surface area contributed by atoms with Crippen LogP contribution in [0.3, 0.4) is 0 Å². The zero-order chi connectivity index (χ0) is 19.3. The quantitative estimate of drug-likeness (QED) is 0.617. The number of rotatable bonds is 5. The largest absolute Gasteiger partial charge is 0.341 e. The summed E-state index contributed by atoms with van der Waals surface area (Å²) >= 11 is 0. The molecule has 2 aromatic carbocycles. The highest BCUT2D eigenvalue weighted by Crippen LogP contribution is 2.28. The second-order valence-corrected chi connectivity index (χ2v) is 7.22. The maximum Gasteiger partial charge on any atom is 0.253 e. The van der Waals surface area contributed by atoms with Gasteiger partial charge in [-0.1, -0.05) is 36.4 Å².